The van der Waals surface area contributed by atoms with Crippen LogP contribution in [-0.2, 0) is 4.74 Å². The number of hydrogen-bond donors (Lipinski definition) is 1. The van der Waals surface area contributed by atoms with Crippen LogP contribution in [0.1, 0.15) is 26.3 Å². The molecule has 0 spiro atoms. The summed E-state index contributed by atoms with van der Waals surface area (Å²) in [7, 11) is 1.27. The molecule has 0 amide bonds. The molecule has 1 N–H and O–H groups in total. The van der Waals surface area contributed by atoms with Crippen LogP contribution in [0.4, 0.5) is 0 Å². The van der Waals surface area contributed by atoms with Crippen LogP contribution in [0.15, 0.2) is 42.5 Å². The Bertz CT molecular complexity index is 657. The number of benzene rings is 2. The van der Waals surface area contributed by atoms with Crippen molar-refractivity contribution < 1.29 is 19.4 Å². The van der Waals surface area contributed by atoms with Gasteiger partial charge in [0.15, 0.2) is 0 Å². The number of aromatic carboxylic acids is 1. The lowest BCUT2D eigenvalue weighted by molar-refractivity contribution is 0.0601. The fourth-order valence-electron chi connectivity index (χ4n) is 1.90. The summed E-state index contributed by atoms with van der Waals surface area (Å²) in [5.41, 5.74) is 2.91. The largest absolute Gasteiger partial charge is 0.478 e. The van der Waals surface area contributed by atoms with Crippen molar-refractivity contribution in [1.82, 2.24) is 0 Å². The van der Waals surface area contributed by atoms with Gasteiger partial charge >= 0.3 is 11.9 Å². The van der Waals surface area contributed by atoms with Crippen molar-refractivity contribution in [1.29, 1.82) is 0 Å². The number of aryl methyl sites for hydroxylation is 1. The lowest BCUT2D eigenvalue weighted by Gasteiger charge is -2.07. The molecular formula is C16H14O4. The Morgan fingerprint density at radius 1 is 0.950 bits per heavy atom. The van der Waals surface area contributed by atoms with Crippen LogP contribution in [0.5, 0.6) is 0 Å². The Morgan fingerprint density at radius 2 is 1.55 bits per heavy atom. The summed E-state index contributed by atoms with van der Waals surface area (Å²) in [5, 5.41) is 9.13. The van der Waals surface area contributed by atoms with E-state index in [-0.39, 0.29) is 11.1 Å². The number of carboxylic acid groups (broad SMARTS) is 1. The summed E-state index contributed by atoms with van der Waals surface area (Å²) >= 11 is 0. The monoisotopic (exact) mass is 270 g/mol. The predicted octanol–water partition coefficient (Wildman–Crippen LogP) is 3.15. The van der Waals surface area contributed by atoms with Gasteiger partial charge in [0.2, 0.25) is 0 Å². The zero-order valence-electron chi connectivity index (χ0n) is 11.2. The van der Waals surface area contributed by atoms with Gasteiger partial charge in [0.25, 0.3) is 0 Å². The molecule has 4 nitrogen and oxygen atoms in total. The van der Waals surface area contributed by atoms with Crippen LogP contribution in [0.25, 0.3) is 11.1 Å². The molecule has 0 radical (unpaired) electrons. The van der Waals surface area contributed by atoms with Crippen molar-refractivity contribution >= 4 is 11.9 Å². The molecule has 0 aliphatic carbocycles. The zero-order valence-corrected chi connectivity index (χ0v) is 11.2. The van der Waals surface area contributed by atoms with E-state index in [4.69, 9.17) is 5.11 Å². The van der Waals surface area contributed by atoms with Gasteiger partial charge in [-0.1, -0.05) is 29.8 Å². The van der Waals surface area contributed by atoms with E-state index in [0.717, 1.165) is 11.1 Å². The molecule has 0 fully saturated rings. The Hall–Kier alpha value is -2.62. The first-order valence-corrected chi connectivity index (χ1v) is 6.05. The molecule has 0 aliphatic heterocycles. The molecule has 2 aromatic carbocycles. The average molecular weight is 270 g/mol. The predicted molar refractivity (Wildman–Crippen MR) is 74.9 cm³/mol. The molecule has 0 aromatic heterocycles. The number of carbonyl (C=O) groups is 2. The van der Waals surface area contributed by atoms with E-state index >= 15 is 0 Å². The number of carboxylic acids is 1. The Balaban J connectivity index is 2.57. The number of carbonyl (C=O) groups excluding carboxylic acids is 1. The summed E-state index contributed by atoms with van der Waals surface area (Å²) in [5.74, 6) is -1.63. The lowest BCUT2D eigenvalue weighted by Crippen LogP contribution is -2.05. The maximum atomic E-state index is 11.6. The average Bonchev–Trinajstić information content (AvgIpc) is 2.46. The Kier molecular flexibility index (Phi) is 3.84. The Labute approximate surface area is 116 Å². The standard InChI is InChI=1S/C16H14O4/c1-10-3-5-11(6-4-10)12-7-13(15(17)18)9-14(8-12)16(19)20-2/h3-9H,1-2H3,(H,17,18). The molecule has 4 heteroatoms. The maximum Gasteiger partial charge on any atom is 0.337 e. The van der Waals surface area contributed by atoms with Crippen LogP contribution < -0.4 is 0 Å². The van der Waals surface area contributed by atoms with Gasteiger partial charge in [0, 0.05) is 0 Å². The molecule has 0 unspecified atom stereocenters. The number of methoxy groups -OCH3 is 1. The minimum absolute atomic E-state index is 0.0588. The maximum absolute atomic E-state index is 11.6. The number of ether oxygens (including phenoxy) is 1. The summed E-state index contributed by atoms with van der Waals surface area (Å²) in [6, 6.07) is 12.1. The van der Waals surface area contributed by atoms with E-state index in [0.29, 0.717) is 5.56 Å². The summed E-state index contributed by atoms with van der Waals surface area (Å²) in [6.45, 7) is 1.97. The third kappa shape index (κ3) is 2.85. The normalized spacial score (nSPS) is 10.1. The third-order valence-corrected chi connectivity index (χ3v) is 2.99. The second-order valence-corrected chi connectivity index (χ2v) is 4.46. The fourth-order valence-corrected chi connectivity index (χ4v) is 1.90. The highest BCUT2D eigenvalue weighted by Crippen LogP contribution is 2.23. The SMILES string of the molecule is COC(=O)c1cc(C(=O)O)cc(-c2ccc(C)cc2)c1. The lowest BCUT2D eigenvalue weighted by atomic mass is 9.99. The van der Waals surface area contributed by atoms with E-state index < -0.39 is 11.9 Å². The van der Waals surface area contributed by atoms with Crippen LogP contribution in [0.2, 0.25) is 0 Å². The molecule has 0 aliphatic rings. The molecule has 0 saturated carbocycles. The first-order chi connectivity index (χ1) is 9.51. The Morgan fingerprint density at radius 3 is 2.10 bits per heavy atom. The van der Waals surface area contributed by atoms with Gasteiger partial charge in [0.05, 0.1) is 18.2 Å². The quantitative estimate of drug-likeness (QED) is 0.870. The number of hydrogen-bond acceptors (Lipinski definition) is 3. The van der Waals surface area contributed by atoms with Gasteiger partial charge < -0.3 is 9.84 Å². The molecule has 0 atom stereocenters. The summed E-state index contributed by atoms with van der Waals surface area (Å²) in [6.07, 6.45) is 0. The minimum atomic E-state index is -1.08. The van der Waals surface area contributed by atoms with Gasteiger partial charge in [-0.25, -0.2) is 9.59 Å². The van der Waals surface area contributed by atoms with Gasteiger partial charge in [0.1, 0.15) is 0 Å². The molecule has 2 aromatic rings. The van der Waals surface area contributed by atoms with Crippen molar-refractivity contribution in [2.75, 3.05) is 7.11 Å². The van der Waals surface area contributed by atoms with Gasteiger partial charge in [-0.05, 0) is 36.2 Å². The van der Waals surface area contributed by atoms with Crippen molar-refractivity contribution in [2.45, 2.75) is 6.92 Å². The zero-order chi connectivity index (χ0) is 14.7. The molecule has 0 bridgehead atoms. The van der Waals surface area contributed by atoms with E-state index in [1.165, 1.54) is 13.2 Å². The third-order valence-electron chi connectivity index (χ3n) is 2.99. The highest BCUT2D eigenvalue weighted by molar-refractivity contribution is 5.96. The van der Waals surface area contributed by atoms with Gasteiger partial charge in [-0.3, -0.25) is 0 Å². The molecule has 102 valence electrons. The van der Waals surface area contributed by atoms with Crippen LogP contribution in [-0.4, -0.2) is 24.2 Å². The second kappa shape index (κ2) is 5.57. The summed E-state index contributed by atoms with van der Waals surface area (Å²) < 4.78 is 4.65. The molecule has 0 saturated heterocycles. The molecule has 0 heterocycles. The van der Waals surface area contributed by atoms with Crippen molar-refractivity contribution in [2.24, 2.45) is 0 Å². The van der Waals surface area contributed by atoms with Crippen LogP contribution in [0.3, 0.4) is 0 Å². The van der Waals surface area contributed by atoms with E-state index in [1.807, 2.05) is 31.2 Å². The highest BCUT2D eigenvalue weighted by Gasteiger charge is 2.13. The fraction of sp³-hybridized carbons (Fsp3) is 0.125. The minimum Gasteiger partial charge on any atom is -0.478 e. The molecule has 20 heavy (non-hydrogen) atoms. The van der Waals surface area contributed by atoms with Gasteiger partial charge in [-0.15, -0.1) is 0 Å². The highest BCUT2D eigenvalue weighted by atomic mass is 16.5. The van der Waals surface area contributed by atoms with E-state index in [9.17, 15) is 9.59 Å². The summed E-state index contributed by atoms with van der Waals surface area (Å²) in [4.78, 5) is 22.8. The number of esters is 1. The van der Waals surface area contributed by atoms with Crippen LogP contribution in [0, 0.1) is 6.92 Å². The second-order valence-electron chi connectivity index (χ2n) is 4.46. The molecule has 2 rings (SSSR count). The van der Waals surface area contributed by atoms with E-state index in [2.05, 4.69) is 4.74 Å². The number of rotatable bonds is 3. The van der Waals surface area contributed by atoms with Crippen LogP contribution >= 0.6 is 0 Å². The van der Waals surface area contributed by atoms with Crippen molar-refractivity contribution in [3.8, 4) is 11.1 Å². The molecular weight excluding hydrogens is 256 g/mol. The van der Waals surface area contributed by atoms with E-state index in [1.54, 1.807) is 12.1 Å². The van der Waals surface area contributed by atoms with Gasteiger partial charge in [-0.2, -0.15) is 0 Å². The topological polar surface area (TPSA) is 63.6 Å². The first kappa shape index (κ1) is 13.8. The first-order valence-electron chi connectivity index (χ1n) is 6.05. The van der Waals surface area contributed by atoms with Crippen molar-refractivity contribution in [3.05, 3.63) is 59.2 Å². The van der Waals surface area contributed by atoms with Crippen molar-refractivity contribution in [3.63, 3.8) is 0 Å². The smallest absolute Gasteiger partial charge is 0.337 e.